The van der Waals surface area contributed by atoms with Gasteiger partial charge in [-0.05, 0) is 108 Å². The maximum absolute atomic E-state index is 12.6. The molecule has 3 unspecified atom stereocenters. The average molecular weight is 497 g/mol. The van der Waals surface area contributed by atoms with Gasteiger partial charge >= 0.3 is 11.9 Å². The zero-order valence-corrected chi connectivity index (χ0v) is 22.2. The highest BCUT2D eigenvalue weighted by Crippen LogP contribution is 2.42. The number of carbonyl (C=O) groups is 2. The van der Waals surface area contributed by atoms with Gasteiger partial charge in [0.05, 0.1) is 24.3 Å². The molecule has 36 heavy (non-hydrogen) atoms. The minimum absolute atomic E-state index is 0.365. The summed E-state index contributed by atoms with van der Waals surface area (Å²) in [5.74, 6) is 1.01. The van der Waals surface area contributed by atoms with Crippen molar-refractivity contribution in [3.63, 3.8) is 0 Å². The lowest BCUT2D eigenvalue weighted by atomic mass is 10.00. The van der Waals surface area contributed by atoms with Crippen LogP contribution in [0.25, 0.3) is 0 Å². The van der Waals surface area contributed by atoms with Gasteiger partial charge in [0, 0.05) is 24.2 Å². The number of esters is 2. The van der Waals surface area contributed by atoms with Crippen molar-refractivity contribution in [2.24, 2.45) is 11.8 Å². The molecular weight excluding hydrogens is 452 g/mol. The summed E-state index contributed by atoms with van der Waals surface area (Å²) in [5, 5.41) is 0. The van der Waals surface area contributed by atoms with Crippen molar-refractivity contribution in [3.8, 4) is 0 Å². The first-order valence-corrected chi connectivity index (χ1v) is 14.4. The van der Waals surface area contributed by atoms with E-state index in [-0.39, 0.29) is 11.9 Å². The van der Waals surface area contributed by atoms with E-state index in [4.69, 9.17) is 9.47 Å². The Morgan fingerprint density at radius 1 is 0.778 bits per heavy atom. The van der Waals surface area contributed by atoms with E-state index >= 15 is 0 Å². The molecule has 6 nitrogen and oxygen atoms in total. The van der Waals surface area contributed by atoms with Crippen molar-refractivity contribution >= 4 is 11.9 Å². The first-order valence-electron chi connectivity index (χ1n) is 14.4. The number of likely N-dealkylation sites (tertiary alicyclic amines) is 2. The van der Waals surface area contributed by atoms with Gasteiger partial charge in [0.25, 0.3) is 0 Å². The number of carbonyl (C=O) groups excluding carboxylic acids is 2. The summed E-state index contributed by atoms with van der Waals surface area (Å²) >= 11 is 0. The highest BCUT2D eigenvalue weighted by molar-refractivity contribution is 5.95. The second-order valence-corrected chi connectivity index (χ2v) is 11.8. The molecule has 0 spiro atoms. The molecular formula is C30H44N2O4. The van der Waals surface area contributed by atoms with Crippen LogP contribution in [0.3, 0.4) is 0 Å². The zero-order chi connectivity index (χ0) is 25.1. The predicted molar refractivity (Wildman–Crippen MR) is 140 cm³/mol. The third kappa shape index (κ3) is 5.65. The van der Waals surface area contributed by atoms with Crippen molar-refractivity contribution in [2.75, 3.05) is 27.3 Å². The molecule has 0 N–H and O–H groups in total. The molecule has 1 aromatic rings. The molecule has 6 heteroatoms. The van der Waals surface area contributed by atoms with Crippen LogP contribution in [0.5, 0.6) is 0 Å². The topological polar surface area (TPSA) is 59.1 Å². The van der Waals surface area contributed by atoms with Gasteiger partial charge in [-0.25, -0.2) is 9.59 Å². The minimum atomic E-state index is -0.365. The predicted octanol–water partition coefficient (Wildman–Crippen LogP) is 5.31. The third-order valence-corrected chi connectivity index (χ3v) is 9.75. The fraction of sp³-hybridized carbons (Fsp3) is 0.733. The van der Waals surface area contributed by atoms with Crippen LogP contribution in [0.15, 0.2) is 24.3 Å². The Hall–Kier alpha value is -1.92. The van der Waals surface area contributed by atoms with Gasteiger partial charge in [0.2, 0.25) is 0 Å². The van der Waals surface area contributed by atoms with E-state index in [1.807, 2.05) is 0 Å². The Balaban J connectivity index is 1.00. The van der Waals surface area contributed by atoms with E-state index in [1.165, 1.54) is 51.4 Å². The standard InChI is InChI=1S/C30H44N2O4/c1-31-25(19-21-8-4-14-27(21)31)12-6-16-35-29(33)23-10-3-11-24(18-23)30(34)36-17-7-13-26-20-22-9-5-15-28(22)32(26)2/h3,10-11,18,21-22,25-28H,4-9,12-17,19-20H2,1-2H3/t21-,22?,25+,26?,27-,28?/m0/s1. The zero-order valence-electron chi connectivity index (χ0n) is 22.2. The number of hydrogen-bond donors (Lipinski definition) is 0. The largest absolute Gasteiger partial charge is 0.462 e. The first kappa shape index (κ1) is 25.7. The number of ether oxygens (including phenoxy) is 2. The van der Waals surface area contributed by atoms with Crippen molar-refractivity contribution in [1.82, 2.24) is 9.80 Å². The van der Waals surface area contributed by atoms with Gasteiger partial charge < -0.3 is 19.3 Å². The highest BCUT2D eigenvalue weighted by atomic mass is 16.5. The van der Waals surface area contributed by atoms with E-state index in [0.717, 1.165) is 49.6 Å². The van der Waals surface area contributed by atoms with Crippen LogP contribution in [0, 0.1) is 11.8 Å². The van der Waals surface area contributed by atoms with Gasteiger partial charge in [0.1, 0.15) is 0 Å². The molecule has 2 heterocycles. The molecule has 2 aliphatic carbocycles. The smallest absolute Gasteiger partial charge is 0.338 e. The average Bonchev–Trinajstić information content (AvgIpc) is 3.65. The van der Waals surface area contributed by atoms with Gasteiger partial charge in [-0.2, -0.15) is 0 Å². The van der Waals surface area contributed by atoms with Crippen LogP contribution in [-0.2, 0) is 9.47 Å². The molecule has 198 valence electrons. The molecule has 6 atom stereocenters. The van der Waals surface area contributed by atoms with Crippen LogP contribution >= 0.6 is 0 Å². The molecule has 4 fully saturated rings. The van der Waals surface area contributed by atoms with Crippen molar-refractivity contribution in [3.05, 3.63) is 35.4 Å². The Morgan fingerprint density at radius 3 is 1.69 bits per heavy atom. The quantitative estimate of drug-likeness (QED) is 0.323. The van der Waals surface area contributed by atoms with Crippen LogP contribution < -0.4 is 0 Å². The number of rotatable bonds is 10. The second kappa shape index (κ2) is 11.6. The highest BCUT2D eigenvalue weighted by Gasteiger charge is 2.41. The monoisotopic (exact) mass is 496 g/mol. The molecule has 0 radical (unpaired) electrons. The summed E-state index contributed by atoms with van der Waals surface area (Å²) < 4.78 is 11.1. The third-order valence-electron chi connectivity index (χ3n) is 9.75. The summed E-state index contributed by atoms with van der Waals surface area (Å²) in [6, 6.07) is 9.51. The van der Waals surface area contributed by atoms with E-state index in [2.05, 4.69) is 23.9 Å². The summed E-state index contributed by atoms with van der Waals surface area (Å²) in [7, 11) is 4.52. The SMILES string of the molecule is CN1C(CCCOC(=O)c2cccc(C(=O)OCCC[C@@H]3C[C@@H]4CCC[C@@H]4N3C)c2)CC2CCCC21. The lowest BCUT2D eigenvalue weighted by molar-refractivity contribution is 0.0488. The first-order chi connectivity index (χ1) is 17.5. The molecule has 2 saturated heterocycles. The Labute approximate surface area is 216 Å². The van der Waals surface area contributed by atoms with E-state index in [1.54, 1.807) is 24.3 Å². The van der Waals surface area contributed by atoms with Crippen molar-refractivity contribution in [2.45, 2.75) is 101 Å². The van der Waals surface area contributed by atoms with E-state index in [9.17, 15) is 9.59 Å². The summed E-state index contributed by atoms with van der Waals surface area (Å²) in [6.07, 6.45) is 14.6. The fourth-order valence-corrected chi connectivity index (χ4v) is 7.78. The summed E-state index contributed by atoms with van der Waals surface area (Å²) in [4.78, 5) is 30.3. The van der Waals surface area contributed by atoms with Gasteiger partial charge in [-0.15, -0.1) is 0 Å². The Morgan fingerprint density at radius 2 is 1.25 bits per heavy atom. The van der Waals surface area contributed by atoms with E-state index in [0.29, 0.717) is 36.4 Å². The molecule has 0 aromatic heterocycles. The molecule has 0 bridgehead atoms. The number of hydrogen-bond acceptors (Lipinski definition) is 6. The lowest BCUT2D eigenvalue weighted by Crippen LogP contribution is -2.32. The van der Waals surface area contributed by atoms with E-state index < -0.39 is 0 Å². The number of fused-ring (bicyclic) bond motifs is 2. The van der Waals surface area contributed by atoms with Crippen molar-refractivity contribution in [1.29, 1.82) is 0 Å². The van der Waals surface area contributed by atoms with Crippen molar-refractivity contribution < 1.29 is 19.1 Å². The summed E-state index contributed by atoms with van der Waals surface area (Å²) in [6.45, 7) is 0.842. The number of nitrogens with zero attached hydrogens (tertiary/aromatic N) is 2. The molecule has 0 amide bonds. The maximum Gasteiger partial charge on any atom is 0.338 e. The van der Waals surface area contributed by atoms with Gasteiger partial charge in [-0.3, -0.25) is 0 Å². The Bertz CT molecular complexity index is 851. The maximum atomic E-state index is 12.6. The van der Waals surface area contributed by atoms with Crippen LogP contribution in [0.4, 0.5) is 0 Å². The fourth-order valence-electron chi connectivity index (χ4n) is 7.78. The Kier molecular flexibility index (Phi) is 8.32. The molecule has 2 saturated carbocycles. The summed E-state index contributed by atoms with van der Waals surface area (Å²) in [5.41, 5.74) is 0.826. The molecule has 4 aliphatic rings. The van der Waals surface area contributed by atoms with Crippen LogP contribution in [0.2, 0.25) is 0 Å². The second-order valence-electron chi connectivity index (χ2n) is 11.8. The lowest BCUT2D eigenvalue weighted by Gasteiger charge is -2.24. The van der Waals surface area contributed by atoms with Crippen LogP contribution in [0.1, 0.15) is 97.8 Å². The normalized spacial score (nSPS) is 31.9. The molecule has 5 rings (SSSR count). The molecule has 1 aromatic carbocycles. The van der Waals surface area contributed by atoms with Gasteiger partial charge in [0.15, 0.2) is 0 Å². The number of benzene rings is 1. The van der Waals surface area contributed by atoms with Crippen LogP contribution in [-0.4, -0.2) is 73.2 Å². The van der Waals surface area contributed by atoms with Gasteiger partial charge in [-0.1, -0.05) is 18.9 Å². The molecule has 2 aliphatic heterocycles. The minimum Gasteiger partial charge on any atom is -0.462 e.